The number of nitrogens with zero attached hydrogens (tertiary/aromatic N) is 6. The second-order valence-corrected chi connectivity index (χ2v) is 7.67. The van der Waals surface area contributed by atoms with E-state index < -0.39 is 5.97 Å². The van der Waals surface area contributed by atoms with Crippen LogP contribution in [0.2, 0.25) is 0 Å². The van der Waals surface area contributed by atoms with Crippen LogP contribution in [0.25, 0.3) is 17.1 Å². The predicted molar refractivity (Wildman–Crippen MR) is 126 cm³/mol. The molecule has 10 heteroatoms. The lowest BCUT2D eigenvalue weighted by Crippen LogP contribution is -2.08. The SMILES string of the molecule is CCOC(=O)c1cnn(-c2nc(OCc3ccccc3)c3ncn(Cc4ccccc4O)c3n2)c1. The normalized spacial score (nSPS) is 11.0. The van der Waals surface area contributed by atoms with Gasteiger partial charge in [0.25, 0.3) is 5.95 Å². The first kappa shape index (κ1) is 22.1. The van der Waals surface area contributed by atoms with Crippen LogP contribution in [0.4, 0.5) is 0 Å². The summed E-state index contributed by atoms with van der Waals surface area (Å²) in [6.07, 6.45) is 4.53. The molecule has 0 aliphatic heterocycles. The molecule has 5 rings (SSSR count). The van der Waals surface area contributed by atoms with Gasteiger partial charge in [-0.1, -0.05) is 48.5 Å². The summed E-state index contributed by atoms with van der Waals surface area (Å²) in [5.74, 6) is 0.175. The van der Waals surface area contributed by atoms with E-state index in [0.29, 0.717) is 23.3 Å². The van der Waals surface area contributed by atoms with Gasteiger partial charge in [0.05, 0.1) is 31.2 Å². The number of esters is 1. The Hall–Kier alpha value is -4.73. The number of aromatic hydroxyl groups is 1. The van der Waals surface area contributed by atoms with Crippen molar-refractivity contribution in [2.45, 2.75) is 20.1 Å². The lowest BCUT2D eigenvalue weighted by molar-refractivity contribution is 0.0526. The van der Waals surface area contributed by atoms with E-state index in [1.807, 2.05) is 42.5 Å². The number of phenolic OH excluding ortho intramolecular Hbond substituents is 1. The van der Waals surface area contributed by atoms with Gasteiger partial charge in [0.2, 0.25) is 5.88 Å². The van der Waals surface area contributed by atoms with Crippen molar-refractivity contribution in [3.63, 3.8) is 0 Å². The van der Waals surface area contributed by atoms with Crippen molar-refractivity contribution < 1.29 is 19.4 Å². The van der Waals surface area contributed by atoms with Gasteiger partial charge < -0.3 is 19.1 Å². The molecule has 0 unspecified atom stereocenters. The fourth-order valence-electron chi connectivity index (χ4n) is 3.53. The highest BCUT2D eigenvalue weighted by Crippen LogP contribution is 2.25. The molecule has 3 aromatic heterocycles. The Morgan fingerprint density at radius 2 is 1.86 bits per heavy atom. The summed E-state index contributed by atoms with van der Waals surface area (Å²) < 4.78 is 14.3. The summed E-state index contributed by atoms with van der Waals surface area (Å²) in [6.45, 7) is 2.62. The molecule has 0 bridgehead atoms. The molecule has 176 valence electrons. The van der Waals surface area contributed by atoms with Crippen molar-refractivity contribution in [2.24, 2.45) is 0 Å². The fraction of sp³-hybridized carbons (Fsp3) is 0.160. The van der Waals surface area contributed by atoms with E-state index in [9.17, 15) is 9.90 Å². The van der Waals surface area contributed by atoms with Gasteiger partial charge in [-0.15, -0.1) is 0 Å². The monoisotopic (exact) mass is 470 g/mol. The molecule has 5 aromatic rings. The van der Waals surface area contributed by atoms with Crippen molar-refractivity contribution >= 4 is 17.1 Å². The first-order chi connectivity index (χ1) is 17.1. The number of benzene rings is 2. The highest BCUT2D eigenvalue weighted by molar-refractivity contribution is 5.88. The zero-order valence-electron chi connectivity index (χ0n) is 18.9. The van der Waals surface area contributed by atoms with E-state index in [1.165, 1.54) is 17.1 Å². The van der Waals surface area contributed by atoms with Crippen LogP contribution in [0.1, 0.15) is 28.4 Å². The molecule has 0 saturated carbocycles. The molecule has 2 aromatic carbocycles. The smallest absolute Gasteiger partial charge is 0.341 e. The highest BCUT2D eigenvalue weighted by atomic mass is 16.5. The van der Waals surface area contributed by atoms with Crippen LogP contribution in [0.3, 0.4) is 0 Å². The summed E-state index contributed by atoms with van der Waals surface area (Å²) in [5.41, 5.74) is 2.93. The quantitative estimate of drug-likeness (QED) is 0.342. The molecule has 35 heavy (non-hydrogen) atoms. The summed E-state index contributed by atoms with van der Waals surface area (Å²) in [7, 11) is 0. The van der Waals surface area contributed by atoms with Crippen LogP contribution in [-0.4, -0.2) is 47.0 Å². The summed E-state index contributed by atoms with van der Waals surface area (Å²) in [4.78, 5) is 25.7. The maximum absolute atomic E-state index is 12.1. The van der Waals surface area contributed by atoms with Gasteiger partial charge in [-0.2, -0.15) is 15.1 Å². The van der Waals surface area contributed by atoms with Crippen molar-refractivity contribution in [2.75, 3.05) is 6.61 Å². The maximum atomic E-state index is 12.1. The first-order valence-electron chi connectivity index (χ1n) is 11.0. The number of hydrogen-bond acceptors (Lipinski definition) is 8. The van der Waals surface area contributed by atoms with E-state index in [4.69, 9.17) is 9.47 Å². The molecule has 0 amide bonds. The summed E-state index contributed by atoms with van der Waals surface area (Å²) >= 11 is 0. The third kappa shape index (κ3) is 4.67. The number of hydrogen-bond donors (Lipinski definition) is 1. The minimum absolute atomic E-state index is 0.176. The van der Waals surface area contributed by atoms with Gasteiger partial charge in [-0.3, -0.25) is 0 Å². The Balaban J connectivity index is 1.55. The molecule has 3 heterocycles. The molecule has 0 atom stereocenters. The number of phenols is 1. The molecule has 0 spiro atoms. The Labute approximate surface area is 200 Å². The second-order valence-electron chi connectivity index (χ2n) is 7.67. The lowest BCUT2D eigenvalue weighted by atomic mass is 10.2. The van der Waals surface area contributed by atoms with Gasteiger partial charge >= 0.3 is 5.97 Å². The van der Waals surface area contributed by atoms with Gasteiger partial charge in [0, 0.05) is 11.8 Å². The van der Waals surface area contributed by atoms with E-state index >= 15 is 0 Å². The van der Waals surface area contributed by atoms with Crippen LogP contribution in [0, 0.1) is 0 Å². The molecule has 0 aliphatic carbocycles. The topological polar surface area (TPSA) is 117 Å². The Morgan fingerprint density at radius 1 is 1.06 bits per heavy atom. The highest BCUT2D eigenvalue weighted by Gasteiger charge is 2.18. The van der Waals surface area contributed by atoms with Crippen LogP contribution >= 0.6 is 0 Å². The van der Waals surface area contributed by atoms with Crippen LogP contribution in [-0.2, 0) is 17.9 Å². The summed E-state index contributed by atoms with van der Waals surface area (Å²) in [5, 5.41) is 14.5. The van der Waals surface area contributed by atoms with E-state index in [-0.39, 0.29) is 36.4 Å². The number of fused-ring (bicyclic) bond motifs is 1. The zero-order chi connectivity index (χ0) is 24.2. The number of para-hydroxylation sites is 1. The molecular formula is C25H22N6O4. The standard InChI is InChI=1S/C25H22N6O4/c1-2-34-24(33)19-12-27-31(14-19)25-28-22-21(23(29-25)35-15-17-8-4-3-5-9-17)26-16-30(22)13-18-10-6-7-11-20(18)32/h3-12,14,16,32H,2,13,15H2,1H3. The van der Waals surface area contributed by atoms with Crippen molar-refractivity contribution in [1.82, 2.24) is 29.3 Å². The summed E-state index contributed by atoms with van der Waals surface area (Å²) in [6, 6.07) is 16.8. The Morgan fingerprint density at radius 3 is 2.66 bits per heavy atom. The number of aromatic nitrogens is 6. The average Bonchev–Trinajstić information content (AvgIpc) is 3.53. The van der Waals surface area contributed by atoms with E-state index in [1.54, 1.807) is 30.0 Å². The van der Waals surface area contributed by atoms with Crippen LogP contribution in [0.5, 0.6) is 11.6 Å². The van der Waals surface area contributed by atoms with E-state index in [2.05, 4.69) is 20.1 Å². The third-order valence-electron chi connectivity index (χ3n) is 5.27. The first-order valence-corrected chi connectivity index (χ1v) is 11.0. The molecule has 0 aliphatic rings. The zero-order valence-corrected chi connectivity index (χ0v) is 18.9. The Bertz CT molecular complexity index is 1480. The molecule has 1 N–H and O–H groups in total. The second kappa shape index (κ2) is 9.64. The molecule has 10 nitrogen and oxygen atoms in total. The molecule has 0 fully saturated rings. The molecule has 0 radical (unpaired) electrons. The van der Waals surface area contributed by atoms with Crippen molar-refractivity contribution in [3.8, 4) is 17.6 Å². The van der Waals surface area contributed by atoms with Crippen molar-refractivity contribution in [1.29, 1.82) is 0 Å². The number of imidazole rings is 1. The lowest BCUT2D eigenvalue weighted by Gasteiger charge is -2.10. The Kier molecular flexibility index (Phi) is 6.08. The maximum Gasteiger partial charge on any atom is 0.341 e. The van der Waals surface area contributed by atoms with Crippen molar-refractivity contribution in [3.05, 3.63) is 90.0 Å². The fourth-order valence-corrected chi connectivity index (χ4v) is 3.53. The molecular weight excluding hydrogens is 448 g/mol. The minimum Gasteiger partial charge on any atom is -0.508 e. The van der Waals surface area contributed by atoms with Gasteiger partial charge in [0.1, 0.15) is 12.4 Å². The van der Waals surface area contributed by atoms with Gasteiger partial charge in [-0.05, 0) is 18.6 Å². The van der Waals surface area contributed by atoms with Gasteiger partial charge in [0.15, 0.2) is 11.2 Å². The third-order valence-corrected chi connectivity index (χ3v) is 5.27. The van der Waals surface area contributed by atoms with Crippen LogP contribution in [0.15, 0.2) is 73.3 Å². The molecule has 0 saturated heterocycles. The number of carbonyl (C=O) groups excluding carboxylic acids is 1. The number of ether oxygens (including phenoxy) is 2. The largest absolute Gasteiger partial charge is 0.508 e. The van der Waals surface area contributed by atoms with Crippen LogP contribution < -0.4 is 4.74 Å². The number of rotatable bonds is 8. The van der Waals surface area contributed by atoms with E-state index in [0.717, 1.165) is 5.56 Å². The average molecular weight is 470 g/mol. The minimum atomic E-state index is -0.482. The van der Waals surface area contributed by atoms with Gasteiger partial charge in [-0.25, -0.2) is 14.5 Å². The number of carbonyl (C=O) groups is 1. The predicted octanol–water partition coefficient (Wildman–Crippen LogP) is 3.52.